The van der Waals surface area contributed by atoms with Crippen LogP contribution in [0.3, 0.4) is 0 Å². The molecule has 2 N–H and O–H groups in total. The topological polar surface area (TPSA) is 124 Å². The number of aromatic nitrogens is 2. The molecule has 3 aromatic rings. The van der Waals surface area contributed by atoms with E-state index in [1.807, 2.05) is 27.8 Å². The first-order chi connectivity index (χ1) is 20.9. The second kappa shape index (κ2) is 11.0. The zero-order valence-corrected chi connectivity index (χ0v) is 25.3. The molecular weight excluding hydrogens is 612 g/mol. The van der Waals surface area contributed by atoms with Gasteiger partial charge in [-0.05, 0) is 70.6 Å². The van der Waals surface area contributed by atoms with Crippen LogP contribution >= 0.6 is 15.9 Å². The Labute approximate surface area is 257 Å². The summed E-state index contributed by atoms with van der Waals surface area (Å²) in [5, 5.41) is 26.7. The van der Waals surface area contributed by atoms with Gasteiger partial charge >= 0.3 is 0 Å². The fourth-order valence-corrected chi connectivity index (χ4v) is 7.21. The van der Waals surface area contributed by atoms with E-state index in [0.717, 1.165) is 39.8 Å². The van der Waals surface area contributed by atoms with E-state index in [4.69, 9.17) is 5.10 Å². The Hall–Kier alpha value is -3.83. The van der Waals surface area contributed by atoms with Gasteiger partial charge in [-0.15, -0.1) is 0 Å². The largest absolute Gasteiger partial charge is 0.506 e. The third kappa shape index (κ3) is 4.69. The van der Waals surface area contributed by atoms with Gasteiger partial charge in [0, 0.05) is 55.5 Å². The maximum atomic E-state index is 14.3. The number of amides is 2. The van der Waals surface area contributed by atoms with Gasteiger partial charge in [0.2, 0.25) is 5.91 Å². The van der Waals surface area contributed by atoms with Crippen LogP contribution in [0.2, 0.25) is 0 Å². The Balaban J connectivity index is 1.30. The Morgan fingerprint density at radius 3 is 2.63 bits per heavy atom. The Morgan fingerprint density at radius 1 is 1.09 bits per heavy atom. The van der Waals surface area contributed by atoms with Crippen LogP contribution in [0.4, 0.5) is 0 Å². The summed E-state index contributed by atoms with van der Waals surface area (Å²) in [6.07, 6.45) is 5.83. The number of nitrogens with zero attached hydrogens (tertiary/aromatic N) is 6. The fraction of sp³-hybridized carbons (Fsp3) is 0.406. The number of benzene rings is 2. The smallest absolute Gasteiger partial charge is 0.256 e. The number of hydrogen-bond acceptors (Lipinski definition) is 7. The quantitative estimate of drug-likeness (QED) is 0.400. The summed E-state index contributed by atoms with van der Waals surface area (Å²) in [6, 6.07) is 9.04. The second-order valence-corrected chi connectivity index (χ2v) is 12.5. The number of phenolic OH excluding ortho intramolecular Hbond substituents is 1. The minimum Gasteiger partial charge on any atom is -0.506 e. The normalized spacial score (nSPS) is 20.8. The van der Waals surface area contributed by atoms with Crippen molar-refractivity contribution in [3.05, 3.63) is 86.3 Å². The van der Waals surface area contributed by atoms with Crippen LogP contribution in [0, 0.1) is 0 Å². The summed E-state index contributed by atoms with van der Waals surface area (Å²) < 4.78 is 2.59. The predicted molar refractivity (Wildman–Crippen MR) is 162 cm³/mol. The van der Waals surface area contributed by atoms with E-state index >= 15 is 0 Å². The highest BCUT2D eigenvalue weighted by Gasteiger charge is 2.41. The highest BCUT2D eigenvalue weighted by atomic mass is 79.9. The molecule has 222 valence electrons. The molecule has 1 saturated carbocycles. The lowest BCUT2D eigenvalue weighted by Gasteiger charge is -2.38. The lowest BCUT2D eigenvalue weighted by molar-refractivity contribution is -0.126. The number of carbonyl (C=O) groups excluding carboxylic acids is 2. The van der Waals surface area contributed by atoms with Crippen LogP contribution in [-0.2, 0) is 17.6 Å². The highest BCUT2D eigenvalue weighted by Crippen LogP contribution is 2.41. The van der Waals surface area contributed by atoms with Crippen LogP contribution in [0.5, 0.6) is 5.75 Å². The maximum Gasteiger partial charge on any atom is 0.256 e. The Bertz CT molecular complexity index is 1780. The monoisotopic (exact) mass is 644 g/mol. The summed E-state index contributed by atoms with van der Waals surface area (Å²) in [5.74, 6) is 0.322. The van der Waals surface area contributed by atoms with Gasteiger partial charge in [-0.1, -0.05) is 19.1 Å². The van der Waals surface area contributed by atoms with Gasteiger partial charge in [0.15, 0.2) is 0 Å². The number of carbonyl (C=O) groups is 2. The number of aromatic hydroxyl groups is 1. The average Bonchev–Trinajstić information content (AvgIpc) is 3.50. The van der Waals surface area contributed by atoms with E-state index in [0.29, 0.717) is 66.8 Å². The van der Waals surface area contributed by atoms with Crippen LogP contribution in [-0.4, -0.2) is 74.0 Å². The van der Waals surface area contributed by atoms with Crippen molar-refractivity contribution in [1.29, 1.82) is 0 Å². The number of phenols is 1. The molecule has 0 radical (unpaired) electrons. The summed E-state index contributed by atoms with van der Waals surface area (Å²) >= 11 is 3.54. The van der Waals surface area contributed by atoms with Gasteiger partial charge in [0.25, 0.3) is 5.91 Å². The zero-order chi connectivity index (χ0) is 29.8. The van der Waals surface area contributed by atoms with Crippen molar-refractivity contribution in [1.82, 2.24) is 19.6 Å². The van der Waals surface area contributed by atoms with Gasteiger partial charge < -0.3 is 20.0 Å². The van der Waals surface area contributed by atoms with Crippen molar-refractivity contribution in [2.45, 2.75) is 56.7 Å². The van der Waals surface area contributed by atoms with Crippen molar-refractivity contribution in [3.63, 3.8) is 0 Å². The minimum absolute atomic E-state index is 0.0532. The van der Waals surface area contributed by atoms with Gasteiger partial charge in [-0.25, -0.2) is 4.68 Å². The lowest BCUT2D eigenvalue weighted by atomic mass is 9.80. The minimum atomic E-state index is -0.440. The molecule has 43 heavy (non-hydrogen) atoms. The van der Waals surface area contributed by atoms with Crippen molar-refractivity contribution in [2.75, 3.05) is 26.2 Å². The van der Waals surface area contributed by atoms with Crippen molar-refractivity contribution in [2.24, 2.45) is 9.98 Å². The molecule has 1 aromatic heterocycles. The zero-order valence-electron chi connectivity index (χ0n) is 23.7. The summed E-state index contributed by atoms with van der Waals surface area (Å²) in [6.45, 7) is 4.79. The molecule has 2 amide bonds. The molecule has 2 aromatic carbocycles. The first-order valence-electron chi connectivity index (χ1n) is 14.9. The number of aliphatic hydroxyl groups excluding tert-OH is 1. The molecule has 10 nitrogen and oxygen atoms in total. The first-order valence-corrected chi connectivity index (χ1v) is 15.7. The molecule has 0 saturated heterocycles. The summed E-state index contributed by atoms with van der Waals surface area (Å²) in [5.41, 5.74) is 4.94. The number of fused-ring (bicyclic) bond motifs is 1. The van der Waals surface area contributed by atoms with Crippen molar-refractivity contribution < 1.29 is 19.8 Å². The second-order valence-electron chi connectivity index (χ2n) is 11.6. The molecule has 3 aliphatic heterocycles. The van der Waals surface area contributed by atoms with Gasteiger partial charge in [-0.3, -0.25) is 19.6 Å². The third-order valence-electron chi connectivity index (χ3n) is 9.24. The van der Waals surface area contributed by atoms with Crippen LogP contribution in [0.25, 0.3) is 5.69 Å². The molecule has 0 spiro atoms. The van der Waals surface area contributed by atoms with Crippen molar-refractivity contribution >= 4 is 27.7 Å². The fourth-order valence-electron chi connectivity index (χ4n) is 6.79. The van der Waals surface area contributed by atoms with E-state index in [2.05, 4.69) is 38.6 Å². The maximum absolute atomic E-state index is 14.3. The number of hydrogen-bond donors (Lipinski definition) is 2. The van der Waals surface area contributed by atoms with Crippen molar-refractivity contribution in [3.8, 4) is 11.4 Å². The van der Waals surface area contributed by atoms with Crippen LogP contribution in [0.15, 0.2) is 57.4 Å². The van der Waals surface area contributed by atoms with Crippen LogP contribution < -0.4 is 10.7 Å². The predicted octanol–water partition coefficient (Wildman–Crippen LogP) is 2.88. The first kappa shape index (κ1) is 28.0. The Morgan fingerprint density at radius 2 is 1.91 bits per heavy atom. The van der Waals surface area contributed by atoms with Gasteiger partial charge in [0.05, 0.1) is 28.4 Å². The average molecular weight is 646 g/mol. The lowest BCUT2D eigenvalue weighted by Crippen LogP contribution is -2.47. The van der Waals surface area contributed by atoms with E-state index < -0.39 is 12.2 Å². The van der Waals surface area contributed by atoms with Crippen LogP contribution in [0.1, 0.15) is 70.5 Å². The molecule has 11 heteroatoms. The number of halogens is 1. The van der Waals surface area contributed by atoms with Gasteiger partial charge in [0.1, 0.15) is 23.0 Å². The molecule has 7 rings (SSSR count). The summed E-state index contributed by atoms with van der Waals surface area (Å²) in [4.78, 5) is 40.0. The Kier molecular flexibility index (Phi) is 7.17. The molecular formula is C32H33BrN6O4. The highest BCUT2D eigenvalue weighted by molar-refractivity contribution is 9.10. The molecule has 4 heterocycles. The van der Waals surface area contributed by atoms with E-state index in [1.165, 1.54) is 12.5 Å². The molecule has 2 atom stereocenters. The molecule has 4 aliphatic rings. The number of rotatable bonds is 6. The molecule has 2 unspecified atom stereocenters. The number of aliphatic hydroxyl groups is 1. The molecule has 1 aliphatic carbocycles. The van der Waals surface area contributed by atoms with E-state index in [9.17, 15) is 19.8 Å². The van der Waals surface area contributed by atoms with E-state index in [1.54, 1.807) is 11.0 Å². The molecule has 1 fully saturated rings. The molecule has 0 bridgehead atoms. The standard InChI is InChI=1S/C32H33BrN6O4/c1-2-28(42)37-13-10-22-29-24(39(36-22)23-9-6-19(16-26(23)41)18-4-3-5-18)11-14-38(25(29)17-37)32(43)20-7-8-21(33)31-30(20)34-27(35-31)12-15-40/h2,6-9,16,18,25,27,40-41H,1,3-5,10-15,17H2. The van der Waals surface area contributed by atoms with Gasteiger partial charge in [-0.2, -0.15) is 5.10 Å². The summed E-state index contributed by atoms with van der Waals surface area (Å²) in [7, 11) is 0. The SMILES string of the molecule is C=CC(=O)N1CCc2nn(-c3ccc(C4CCC4)cc3O)c3c2C(C1)N(C(=O)c1ccc(Br)c2c1=NC(CCO)N=2)CC3. The third-order valence-corrected chi connectivity index (χ3v) is 9.88. The van der Waals surface area contributed by atoms with E-state index in [-0.39, 0.29) is 24.2 Å².